The minimum Gasteiger partial charge on any atom is -0.497 e. The summed E-state index contributed by atoms with van der Waals surface area (Å²) in [7, 11) is 5.40. The fourth-order valence-electron chi connectivity index (χ4n) is 1.87. The summed E-state index contributed by atoms with van der Waals surface area (Å²) in [4.78, 5) is 4.15. The molecule has 0 saturated heterocycles. The van der Waals surface area contributed by atoms with Gasteiger partial charge in [-0.05, 0) is 20.0 Å². The minimum atomic E-state index is 0.190. The van der Waals surface area contributed by atoms with E-state index in [1.54, 1.807) is 11.8 Å². The third-order valence-corrected chi connectivity index (χ3v) is 3.28. The van der Waals surface area contributed by atoms with Crippen molar-refractivity contribution in [3.63, 3.8) is 0 Å². The van der Waals surface area contributed by atoms with Crippen LogP contribution >= 0.6 is 0 Å². The summed E-state index contributed by atoms with van der Waals surface area (Å²) in [6.07, 6.45) is 1.52. The molecule has 2 aromatic rings. The van der Waals surface area contributed by atoms with Crippen molar-refractivity contribution in [2.75, 3.05) is 14.2 Å². The second-order valence-electron chi connectivity index (χ2n) is 4.50. The lowest BCUT2D eigenvalue weighted by Crippen LogP contribution is -2.14. The van der Waals surface area contributed by atoms with Crippen LogP contribution in [0, 0.1) is 0 Å². The number of nitrogens with zero attached hydrogens (tertiary/aromatic N) is 3. The SMILES string of the molecule is CNC(C)c1ccc(OC)cc1OCc1ncnn1C. The lowest BCUT2D eigenvalue weighted by Gasteiger charge is -2.17. The van der Waals surface area contributed by atoms with Gasteiger partial charge in [0.25, 0.3) is 0 Å². The number of hydrogen-bond donors (Lipinski definition) is 1. The maximum absolute atomic E-state index is 5.88. The molecule has 20 heavy (non-hydrogen) atoms. The standard InChI is InChI=1S/C14H20N4O2/c1-10(15-2)12-6-5-11(19-4)7-13(12)20-8-14-16-9-17-18(14)3/h5-7,9-10,15H,8H2,1-4H3. The molecule has 1 N–H and O–H groups in total. The molecule has 0 saturated carbocycles. The van der Waals surface area contributed by atoms with Crippen LogP contribution in [0.3, 0.4) is 0 Å². The van der Waals surface area contributed by atoms with Crippen LogP contribution in [-0.4, -0.2) is 28.9 Å². The zero-order valence-electron chi connectivity index (χ0n) is 12.3. The maximum atomic E-state index is 5.88. The number of aryl methyl sites for hydroxylation is 1. The highest BCUT2D eigenvalue weighted by Gasteiger charge is 2.12. The predicted molar refractivity (Wildman–Crippen MR) is 75.8 cm³/mol. The third kappa shape index (κ3) is 3.08. The van der Waals surface area contributed by atoms with Gasteiger partial charge in [-0.15, -0.1) is 0 Å². The zero-order chi connectivity index (χ0) is 14.5. The fourth-order valence-corrected chi connectivity index (χ4v) is 1.87. The van der Waals surface area contributed by atoms with Crippen LogP contribution in [0.1, 0.15) is 24.4 Å². The third-order valence-electron chi connectivity index (χ3n) is 3.28. The Morgan fingerprint density at radius 3 is 2.80 bits per heavy atom. The van der Waals surface area contributed by atoms with Crippen molar-refractivity contribution < 1.29 is 9.47 Å². The Labute approximate surface area is 118 Å². The van der Waals surface area contributed by atoms with Gasteiger partial charge >= 0.3 is 0 Å². The van der Waals surface area contributed by atoms with E-state index in [-0.39, 0.29) is 6.04 Å². The van der Waals surface area contributed by atoms with Crippen molar-refractivity contribution in [3.8, 4) is 11.5 Å². The lowest BCUT2D eigenvalue weighted by atomic mass is 10.1. The second kappa shape index (κ2) is 6.38. The Hall–Kier alpha value is -2.08. The average molecular weight is 276 g/mol. The molecule has 0 bridgehead atoms. The predicted octanol–water partition coefficient (Wildman–Crippen LogP) is 1.68. The molecule has 0 aliphatic rings. The highest BCUT2D eigenvalue weighted by atomic mass is 16.5. The van der Waals surface area contributed by atoms with Crippen LogP contribution in [0.15, 0.2) is 24.5 Å². The first-order chi connectivity index (χ1) is 9.65. The van der Waals surface area contributed by atoms with Gasteiger partial charge in [0.15, 0.2) is 5.82 Å². The highest BCUT2D eigenvalue weighted by molar-refractivity contribution is 5.42. The minimum absolute atomic E-state index is 0.190. The van der Waals surface area contributed by atoms with Crippen LogP contribution in [0.5, 0.6) is 11.5 Å². The van der Waals surface area contributed by atoms with Crippen LogP contribution in [0.25, 0.3) is 0 Å². The van der Waals surface area contributed by atoms with Gasteiger partial charge in [-0.25, -0.2) is 4.98 Å². The number of benzene rings is 1. The van der Waals surface area contributed by atoms with Gasteiger partial charge in [-0.2, -0.15) is 5.10 Å². The summed E-state index contributed by atoms with van der Waals surface area (Å²) < 4.78 is 12.8. The van der Waals surface area contributed by atoms with Gasteiger partial charge < -0.3 is 14.8 Å². The number of aromatic nitrogens is 3. The number of hydrogen-bond acceptors (Lipinski definition) is 5. The zero-order valence-corrected chi connectivity index (χ0v) is 12.3. The van der Waals surface area contributed by atoms with Crippen molar-refractivity contribution in [1.29, 1.82) is 0 Å². The van der Waals surface area contributed by atoms with Crippen molar-refractivity contribution in [2.45, 2.75) is 19.6 Å². The van der Waals surface area contributed by atoms with Crippen molar-refractivity contribution in [2.24, 2.45) is 7.05 Å². The number of rotatable bonds is 6. The first kappa shape index (κ1) is 14.3. The normalized spacial score (nSPS) is 12.2. The molecule has 1 atom stereocenters. The Balaban J connectivity index is 2.21. The maximum Gasteiger partial charge on any atom is 0.164 e. The van der Waals surface area contributed by atoms with Crippen molar-refractivity contribution in [3.05, 3.63) is 35.9 Å². The first-order valence-electron chi connectivity index (χ1n) is 6.46. The molecule has 1 aromatic carbocycles. The molecule has 0 aliphatic heterocycles. The quantitative estimate of drug-likeness (QED) is 0.870. The molecule has 0 aliphatic carbocycles. The van der Waals surface area contributed by atoms with E-state index < -0.39 is 0 Å². The molecular formula is C14H20N4O2. The Bertz CT molecular complexity index is 568. The highest BCUT2D eigenvalue weighted by Crippen LogP contribution is 2.29. The molecule has 6 nitrogen and oxygen atoms in total. The van der Waals surface area contributed by atoms with E-state index in [2.05, 4.69) is 22.3 Å². The largest absolute Gasteiger partial charge is 0.497 e. The molecule has 0 amide bonds. The molecule has 1 aromatic heterocycles. The Kier molecular flexibility index (Phi) is 4.57. The van der Waals surface area contributed by atoms with E-state index in [1.165, 1.54) is 6.33 Å². The second-order valence-corrected chi connectivity index (χ2v) is 4.50. The Morgan fingerprint density at radius 2 is 2.20 bits per heavy atom. The molecule has 108 valence electrons. The Morgan fingerprint density at radius 1 is 1.40 bits per heavy atom. The number of methoxy groups -OCH3 is 1. The van der Waals surface area contributed by atoms with E-state index in [1.807, 2.05) is 32.3 Å². The van der Waals surface area contributed by atoms with Crippen LogP contribution < -0.4 is 14.8 Å². The van der Waals surface area contributed by atoms with Crippen LogP contribution in [-0.2, 0) is 13.7 Å². The van der Waals surface area contributed by atoms with Crippen LogP contribution in [0.4, 0.5) is 0 Å². The lowest BCUT2D eigenvalue weighted by molar-refractivity contribution is 0.282. The molecule has 1 heterocycles. The molecule has 2 rings (SSSR count). The number of ether oxygens (including phenoxy) is 2. The molecule has 0 spiro atoms. The van der Waals surface area contributed by atoms with E-state index in [0.717, 1.165) is 22.9 Å². The van der Waals surface area contributed by atoms with Gasteiger partial charge in [0, 0.05) is 24.7 Å². The van der Waals surface area contributed by atoms with E-state index in [4.69, 9.17) is 9.47 Å². The summed E-state index contributed by atoms with van der Waals surface area (Å²) in [6.45, 7) is 2.45. The summed E-state index contributed by atoms with van der Waals surface area (Å²) in [5.41, 5.74) is 1.08. The molecule has 0 fully saturated rings. The van der Waals surface area contributed by atoms with Gasteiger partial charge in [0.1, 0.15) is 24.4 Å². The van der Waals surface area contributed by atoms with E-state index in [9.17, 15) is 0 Å². The van der Waals surface area contributed by atoms with Crippen LogP contribution in [0.2, 0.25) is 0 Å². The smallest absolute Gasteiger partial charge is 0.164 e. The first-order valence-corrected chi connectivity index (χ1v) is 6.46. The van der Waals surface area contributed by atoms with E-state index >= 15 is 0 Å². The van der Waals surface area contributed by atoms with E-state index in [0.29, 0.717) is 6.61 Å². The average Bonchev–Trinajstić information content (AvgIpc) is 2.89. The summed E-state index contributed by atoms with van der Waals surface area (Å²) in [5, 5.41) is 7.23. The summed E-state index contributed by atoms with van der Waals surface area (Å²) >= 11 is 0. The molecule has 1 unspecified atom stereocenters. The van der Waals surface area contributed by atoms with Gasteiger partial charge in [0.2, 0.25) is 0 Å². The van der Waals surface area contributed by atoms with Gasteiger partial charge in [-0.1, -0.05) is 6.07 Å². The van der Waals surface area contributed by atoms with Gasteiger partial charge in [0.05, 0.1) is 7.11 Å². The summed E-state index contributed by atoms with van der Waals surface area (Å²) in [6, 6.07) is 6.01. The summed E-state index contributed by atoms with van der Waals surface area (Å²) in [5.74, 6) is 2.33. The molecule has 0 radical (unpaired) electrons. The monoisotopic (exact) mass is 276 g/mol. The molecular weight excluding hydrogens is 256 g/mol. The topological polar surface area (TPSA) is 61.2 Å². The fraction of sp³-hybridized carbons (Fsp3) is 0.429. The van der Waals surface area contributed by atoms with Gasteiger partial charge in [-0.3, -0.25) is 4.68 Å². The number of nitrogens with one attached hydrogen (secondary N) is 1. The molecule has 6 heteroatoms. The van der Waals surface area contributed by atoms with Crippen molar-refractivity contribution >= 4 is 0 Å². The van der Waals surface area contributed by atoms with Crippen molar-refractivity contribution in [1.82, 2.24) is 20.1 Å².